The molecule has 0 amide bonds. The molecule has 0 fully saturated rings. The van der Waals surface area contributed by atoms with Gasteiger partial charge in [-0.05, 0) is 12.1 Å². The van der Waals surface area contributed by atoms with Crippen LogP contribution in [0, 0.1) is 5.82 Å². The highest BCUT2D eigenvalue weighted by Gasteiger charge is 2.08. The molecule has 4 heteroatoms. The number of nitrogens with zero attached hydrogens (tertiary/aromatic N) is 2. The molecule has 0 bridgehead atoms. The van der Waals surface area contributed by atoms with Gasteiger partial charge in [-0.2, -0.15) is 5.10 Å². The van der Waals surface area contributed by atoms with Crippen LogP contribution in [0.15, 0.2) is 42.7 Å². The van der Waals surface area contributed by atoms with Crippen LogP contribution < -0.4 is 0 Å². The summed E-state index contributed by atoms with van der Waals surface area (Å²) < 4.78 is 15.3. The van der Waals surface area contributed by atoms with E-state index in [1.807, 2.05) is 18.3 Å². The van der Waals surface area contributed by atoms with Crippen molar-refractivity contribution in [3.63, 3.8) is 0 Å². The molecule has 2 aromatic heterocycles. The average molecular weight is 201 g/mol. The summed E-state index contributed by atoms with van der Waals surface area (Å²) in [5.74, 6) is 0.454. The van der Waals surface area contributed by atoms with Crippen LogP contribution in [0.1, 0.15) is 0 Å². The fourth-order valence-electron chi connectivity index (χ4n) is 1.73. The fourth-order valence-corrected chi connectivity index (χ4v) is 1.73. The molecule has 74 valence electrons. The lowest BCUT2D eigenvalue weighted by Crippen LogP contribution is -1.94. The van der Waals surface area contributed by atoms with Gasteiger partial charge in [-0.1, -0.05) is 12.1 Å². The molecule has 0 saturated heterocycles. The second kappa shape index (κ2) is 2.95. The minimum Gasteiger partial charge on any atom is -0.297 e. The highest BCUT2D eigenvalue weighted by molar-refractivity contribution is 5.82. The predicted octanol–water partition coefficient (Wildman–Crippen LogP) is 2.49. The normalized spacial score (nSPS) is 11.0. The molecule has 15 heavy (non-hydrogen) atoms. The molecule has 2 heterocycles. The summed E-state index contributed by atoms with van der Waals surface area (Å²) in [6.07, 6.45) is 3.52. The zero-order chi connectivity index (χ0) is 10.3. The van der Waals surface area contributed by atoms with Gasteiger partial charge in [0.15, 0.2) is 5.82 Å². The first-order valence-corrected chi connectivity index (χ1v) is 4.62. The van der Waals surface area contributed by atoms with E-state index in [2.05, 4.69) is 10.2 Å². The molecule has 0 spiro atoms. The standard InChI is InChI=1S/C11H8FN3/c12-9-3-1-2-8-5-7-15(11(8)9)10-4-6-13-14-10/h1-7H,(H,13,14). The molecule has 0 aliphatic heterocycles. The second-order valence-corrected chi connectivity index (χ2v) is 3.30. The lowest BCUT2D eigenvalue weighted by Gasteiger charge is -2.00. The molecule has 3 aromatic rings. The van der Waals surface area contributed by atoms with E-state index in [4.69, 9.17) is 0 Å². The Balaban J connectivity index is 2.37. The van der Waals surface area contributed by atoms with Crippen molar-refractivity contribution in [3.8, 4) is 5.82 Å². The Bertz CT molecular complexity index is 595. The Morgan fingerprint density at radius 1 is 1.20 bits per heavy atom. The maximum atomic E-state index is 13.6. The third-order valence-electron chi connectivity index (χ3n) is 2.39. The van der Waals surface area contributed by atoms with Gasteiger partial charge in [0.05, 0.1) is 5.52 Å². The van der Waals surface area contributed by atoms with Crippen molar-refractivity contribution in [2.75, 3.05) is 0 Å². The number of H-pyrrole nitrogens is 1. The molecule has 0 saturated carbocycles. The average Bonchev–Trinajstić information content (AvgIpc) is 2.85. The summed E-state index contributed by atoms with van der Waals surface area (Å²) in [6, 6.07) is 8.69. The lowest BCUT2D eigenvalue weighted by molar-refractivity contribution is 0.634. The van der Waals surface area contributed by atoms with Gasteiger partial charge in [-0.3, -0.25) is 9.67 Å². The molecular formula is C11H8FN3. The van der Waals surface area contributed by atoms with Crippen molar-refractivity contribution < 1.29 is 4.39 Å². The number of aromatic amines is 1. The number of hydrogen-bond acceptors (Lipinski definition) is 1. The Hall–Kier alpha value is -2.10. The van der Waals surface area contributed by atoms with E-state index < -0.39 is 0 Å². The topological polar surface area (TPSA) is 33.6 Å². The fraction of sp³-hybridized carbons (Fsp3) is 0. The quantitative estimate of drug-likeness (QED) is 0.644. The number of benzene rings is 1. The third kappa shape index (κ3) is 1.15. The second-order valence-electron chi connectivity index (χ2n) is 3.30. The first-order valence-electron chi connectivity index (χ1n) is 4.62. The molecular weight excluding hydrogens is 193 g/mol. The van der Waals surface area contributed by atoms with Crippen molar-refractivity contribution in [3.05, 3.63) is 48.5 Å². The van der Waals surface area contributed by atoms with E-state index in [0.29, 0.717) is 11.3 Å². The van der Waals surface area contributed by atoms with Crippen LogP contribution in [0.25, 0.3) is 16.7 Å². The summed E-state index contributed by atoms with van der Waals surface area (Å²) in [6.45, 7) is 0. The minimum absolute atomic E-state index is 0.236. The molecule has 0 aliphatic rings. The zero-order valence-corrected chi connectivity index (χ0v) is 7.81. The van der Waals surface area contributed by atoms with E-state index in [0.717, 1.165) is 5.39 Å². The van der Waals surface area contributed by atoms with E-state index in [1.165, 1.54) is 6.07 Å². The molecule has 1 aromatic carbocycles. The van der Waals surface area contributed by atoms with Crippen LogP contribution in [0.4, 0.5) is 4.39 Å². The SMILES string of the molecule is Fc1cccc2ccn(-c3cc[nH]n3)c12. The Kier molecular flexibility index (Phi) is 1.62. The number of aromatic nitrogens is 3. The van der Waals surface area contributed by atoms with Gasteiger partial charge < -0.3 is 0 Å². The van der Waals surface area contributed by atoms with E-state index in [-0.39, 0.29) is 5.82 Å². The van der Waals surface area contributed by atoms with Gasteiger partial charge in [-0.15, -0.1) is 0 Å². The van der Waals surface area contributed by atoms with Crippen molar-refractivity contribution in [2.24, 2.45) is 0 Å². The number of halogens is 1. The first kappa shape index (κ1) is 8.23. The van der Waals surface area contributed by atoms with Crippen LogP contribution in [-0.4, -0.2) is 14.8 Å². The van der Waals surface area contributed by atoms with Crippen LogP contribution >= 0.6 is 0 Å². The molecule has 1 N–H and O–H groups in total. The van der Waals surface area contributed by atoms with Crippen LogP contribution in [-0.2, 0) is 0 Å². The van der Waals surface area contributed by atoms with E-state index >= 15 is 0 Å². The highest BCUT2D eigenvalue weighted by atomic mass is 19.1. The van der Waals surface area contributed by atoms with Gasteiger partial charge in [0.2, 0.25) is 0 Å². The van der Waals surface area contributed by atoms with Crippen LogP contribution in [0.5, 0.6) is 0 Å². The summed E-state index contributed by atoms with van der Waals surface area (Å²) in [4.78, 5) is 0. The monoisotopic (exact) mass is 201 g/mol. The number of hydrogen-bond donors (Lipinski definition) is 1. The van der Waals surface area contributed by atoms with E-state index in [9.17, 15) is 4.39 Å². The Morgan fingerprint density at radius 2 is 2.13 bits per heavy atom. The highest BCUT2D eigenvalue weighted by Crippen LogP contribution is 2.21. The van der Waals surface area contributed by atoms with Crippen LogP contribution in [0.2, 0.25) is 0 Å². The molecule has 0 aliphatic carbocycles. The summed E-state index contributed by atoms with van der Waals surface area (Å²) >= 11 is 0. The summed E-state index contributed by atoms with van der Waals surface area (Å²) in [5.41, 5.74) is 0.560. The molecule has 0 unspecified atom stereocenters. The van der Waals surface area contributed by atoms with Gasteiger partial charge in [0, 0.05) is 23.8 Å². The van der Waals surface area contributed by atoms with Crippen LogP contribution in [0.3, 0.4) is 0 Å². The van der Waals surface area contributed by atoms with Crippen molar-refractivity contribution in [1.82, 2.24) is 14.8 Å². The maximum Gasteiger partial charge on any atom is 0.158 e. The number of rotatable bonds is 1. The molecule has 0 radical (unpaired) electrons. The molecule has 3 rings (SSSR count). The van der Waals surface area contributed by atoms with E-state index in [1.54, 1.807) is 22.9 Å². The van der Waals surface area contributed by atoms with Crippen molar-refractivity contribution in [1.29, 1.82) is 0 Å². The third-order valence-corrected chi connectivity index (χ3v) is 2.39. The molecule has 3 nitrogen and oxygen atoms in total. The van der Waals surface area contributed by atoms with Crippen molar-refractivity contribution in [2.45, 2.75) is 0 Å². The van der Waals surface area contributed by atoms with Gasteiger partial charge in [0.1, 0.15) is 5.82 Å². The predicted molar refractivity (Wildman–Crippen MR) is 55.4 cm³/mol. The summed E-state index contributed by atoms with van der Waals surface area (Å²) in [5, 5.41) is 7.60. The molecule has 0 atom stereocenters. The minimum atomic E-state index is -0.236. The summed E-state index contributed by atoms with van der Waals surface area (Å²) in [7, 11) is 0. The van der Waals surface area contributed by atoms with Gasteiger partial charge in [0.25, 0.3) is 0 Å². The number of nitrogens with one attached hydrogen (secondary N) is 1. The maximum absolute atomic E-state index is 13.6. The van der Waals surface area contributed by atoms with Crippen molar-refractivity contribution >= 4 is 10.9 Å². The van der Waals surface area contributed by atoms with Gasteiger partial charge in [-0.25, -0.2) is 4.39 Å². The smallest absolute Gasteiger partial charge is 0.158 e. The van der Waals surface area contributed by atoms with Gasteiger partial charge >= 0.3 is 0 Å². The largest absolute Gasteiger partial charge is 0.297 e. The Morgan fingerprint density at radius 3 is 2.93 bits per heavy atom. The Labute approximate surface area is 85.2 Å². The number of fused-ring (bicyclic) bond motifs is 1. The first-order chi connectivity index (χ1) is 7.36. The lowest BCUT2D eigenvalue weighted by atomic mass is 10.2. The zero-order valence-electron chi connectivity index (χ0n) is 7.81. The number of para-hydroxylation sites is 1.